The van der Waals surface area contributed by atoms with Gasteiger partial charge in [-0.1, -0.05) is 13.8 Å². The quantitative estimate of drug-likeness (QED) is 0.855. The second kappa shape index (κ2) is 6.45. The second-order valence-electron chi connectivity index (χ2n) is 4.96. The van der Waals surface area contributed by atoms with E-state index < -0.39 is 0 Å². The van der Waals surface area contributed by atoms with E-state index in [1.54, 1.807) is 11.3 Å². The number of fused-ring (bicyclic) bond motifs is 1. The molecule has 106 valence electrons. The van der Waals surface area contributed by atoms with Gasteiger partial charge in [0.25, 0.3) is 0 Å². The topological polar surface area (TPSA) is 57.3 Å². The predicted octanol–water partition coefficient (Wildman–Crippen LogP) is 1.32. The molecule has 0 saturated carbocycles. The zero-order valence-electron chi connectivity index (χ0n) is 11.8. The second-order valence-corrected chi connectivity index (χ2v) is 6.04. The van der Waals surface area contributed by atoms with E-state index in [-0.39, 0.29) is 11.8 Å². The van der Waals surface area contributed by atoms with Gasteiger partial charge in [-0.05, 0) is 13.6 Å². The highest BCUT2D eigenvalue weighted by atomic mass is 32.1. The van der Waals surface area contributed by atoms with Crippen LogP contribution in [0.3, 0.4) is 0 Å². The average Bonchev–Trinajstić information content (AvgIpc) is 2.79. The SMILES string of the molecule is CCN1CCc2nc(NC(=O)C(C)CNC)sc2C1. The highest BCUT2D eigenvalue weighted by molar-refractivity contribution is 7.15. The van der Waals surface area contributed by atoms with Gasteiger partial charge in [0.2, 0.25) is 5.91 Å². The summed E-state index contributed by atoms with van der Waals surface area (Å²) in [6.45, 7) is 7.87. The lowest BCUT2D eigenvalue weighted by Crippen LogP contribution is -2.29. The van der Waals surface area contributed by atoms with Crippen LogP contribution < -0.4 is 10.6 Å². The molecule has 0 fully saturated rings. The van der Waals surface area contributed by atoms with Crippen molar-refractivity contribution >= 4 is 22.4 Å². The van der Waals surface area contributed by atoms with Crippen LogP contribution in [-0.4, -0.2) is 42.5 Å². The highest BCUT2D eigenvalue weighted by Gasteiger charge is 2.21. The molecule has 2 rings (SSSR count). The van der Waals surface area contributed by atoms with Crippen LogP contribution in [0.4, 0.5) is 5.13 Å². The summed E-state index contributed by atoms with van der Waals surface area (Å²) in [6, 6.07) is 0. The number of nitrogens with zero attached hydrogens (tertiary/aromatic N) is 2. The fourth-order valence-electron chi connectivity index (χ4n) is 2.20. The standard InChI is InChI=1S/C13H22N4OS/c1-4-17-6-5-10-11(8-17)19-13(15-10)16-12(18)9(2)7-14-3/h9,14H,4-8H2,1-3H3,(H,15,16,18). The molecule has 2 heterocycles. The van der Waals surface area contributed by atoms with Gasteiger partial charge < -0.3 is 10.6 Å². The van der Waals surface area contributed by atoms with Crippen molar-refractivity contribution in [3.8, 4) is 0 Å². The number of hydrogen-bond donors (Lipinski definition) is 2. The molecule has 1 amide bonds. The number of thiazole rings is 1. The number of aromatic nitrogens is 1. The molecule has 1 aromatic rings. The molecule has 2 N–H and O–H groups in total. The first-order chi connectivity index (χ1) is 9.13. The summed E-state index contributed by atoms with van der Waals surface area (Å²) in [5, 5.41) is 6.68. The number of amides is 1. The first-order valence-corrected chi connectivity index (χ1v) is 7.62. The molecule has 1 atom stereocenters. The van der Waals surface area contributed by atoms with Crippen molar-refractivity contribution in [2.24, 2.45) is 5.92 Å². The average molecular weight is 282 g/mol. The van der Waals surface area contributed by atoms with Crippen molar-refractivity contribution in [3.05, 3.63) is 10.6 Å². The largest absolute Gasteiger partial charge is 0.319 e. The Balaban J connectivity index is 1.99. The molecule has 1 aliphatic heterocycles. The highest BCUT2D eigenvalue weighted by Crippen LogP contribution is 2.28. The summed E-state index contributed by atoms with van der Waals surface area (Å²) < 4.78 is 0. The maximum absolute atomic E-state index is 11.9. The molecule has 5 nitrogen and oxygen atoms in total. The molecular formula is C13H22N4OS. The fraction of sp³-hybridized carbons (Fsp3) is 0.692. The molecular weight excluding hydrogens is 260 g/mol. The van der Waals surface area contributed by atoms with Crippen LogP contribution in [0, 0.1) is 5.92 Å². The zero-order valence-corrected chi connectivity index (χ0v) is 12.6. The summed E-state index contributed by atoms with van der Waals surface area (Å²) >= 11 is 1.61. The molecule has 1 unspecified atom stereocenters. The molecule has 6 heteroatoms. The summed E-state index contributed by atoms with van der Waals surface area (Å²) in [7, 11) is 1.85. The number of carbonyl (C=O) groups excluding carboxylic acids is 1. The Morgan fingerprint density at radius 2 is 2.37 bits per heavy atom. The van der Waals surface area contributed by atoms with Gasteiger partial charge in [0.15, 0.2) is 5.13 Å². The summed E-state index contributed by atoms with van der Waals surface area (Å²) in [5.74, 6) is -0.00846. The predicted molar refractivity (Wildman–Crippen MR) is 78.5 cm³/mol. The van der Waals surface area contributed by atoms with Gasteiger partial charge in [0, 0.05) is 36.9 Å². The van der Waals surface area contributed by atoms with Crippen LogP contribution in [0.25, 0.3) is 0 Å². The van der Waals surface area contributed by atoms with Crippen molar-refractivity contribution in [2.75, 3.05) is 32.0 Å². The molecule has 0 saturated heterocycles. The minimum atomic E-state index is -0.0435. The van der Waals surface area contributed by atoms with Gasteiger partial charge in [-0.3, -0.25) is 9.69 Å². The molecule has 1 aromatic heterocycles. The lowest BCUT2D eigenvalue weighted by Gasteiger charge is -2.23. The normalized spacial score (nSPS) is 17.0. The van der Waals surface area contributed by atoms with Crippen LogP contribution in [0.2, 0.25) is 0 Å². The monoisotopic (exact) mass is 282 g/mol. The number of anilines is 1. The van der Waals surface area contributed by atoms with Gasteiger partial charge in [-0.2, -0.15) is 0 Å². The number of carbonyl (C=O) groups is 1. The number of rotatable bonds is 5. The van der Waals surface area contributed by atoms with Crippen molar-refractivity contribution in [2.45, 2.75) is 26.8 Å². The molecule has 1 aliphatic rings. The third-order valence-corrected chi connectivity index (χ3v) is 4.44. The lowest BCUT2D eigenvalue weighted by molar-refractivity contribution is -0.119. The van der Waals surface area contributed by atoms with Crippen LogP contribution >= 0.6 is 11.3 Å². The summed E-state index contributed by atoms with van der Waals surface area (Å²) in [5.41, 5.74) is 1.16. The van der Waals surface area contributed by atoms with Crippen LogP contribution in [-0.2, 0) is 17.8 Å². The Kier molecular flexibility index (Phi) is 4.90. The number of hydrogen-bond acceptors (Lipinski definition) is 5. The van der Waals surface area contributed by atoms with Gasteiger partial charge >= 0.3 is 0 Å². The minimum absolute atomic E-state index is 0.0350. The molecule has 0 aliphatic carbocycles. The van der Waals surface area contributed by atoms with Crippen molar-refractivity contribution in [1.82, 2.24) is 15.2 Å². The summed E-state index contributed by atoms with van der Waals surface area (Å²) in [4.78, 5) is 20.2. The Bertz CT molecular complexity index is 446. The molecule has 0 bridgehead atoms. The Hall–Kier alpha value is -0.980. The van der Waals surface area contributed by atoms with Crippen LogP contribution in [0.1, 0.15) is 24.4 Å². The summed E-state index contributed by atoms with van der Waals surface area (Å²) in [6.07, 6.45) is 0.988. The van der Waals surface area contributed by atoms with E-state index >= 15 is 0 Å². The molecule has 0 aromatic carbocycles. The third-order valence-electron chi connectivity index (χ3n) is 3.45. The number of nitrogens with one attached hydrogen (secondary N) is 2. The molecule has 0 radical (unpaired) electrons. The first kappa shape index (κ1) is 14.4. The van der Waals surface area contributed by atoms with E-state index in [0.29, 0.717) is 6.54 Å². The van der Waals surface area contributed by atoms with Crippen LogP contribution in [0.15, 0.2) is 0 Å². The van der Waals surface area contributed by atoms with E-state index in [1.807, 2.05) is 14.0 Å². The smallest absolute Gasteiger partial charge is 0.230 e. The lowest BCUT2D eigenvalue weighted by atomic mass is 10.1. The molecule has 19 heavy (non-hydrogen) atoms. The third kappa shape index (κ3) is 3.52. The maximum atomic E-state index is 11.9. The number of likely N-dealkylation sites (N-methyl/N-ethyl adjacent to an activating group) is 1. The maximum Gasteiger partial charge on any atom is 0.230 e. The van der Waals surface area contributed by atoms with Crippen molar-refractivity contribution in [1.29, 1.82) is 0 Å². The Morgan fingerprint density at radius 1 is 1.58 bits per heavy atom. The van der Waals surface area contributed by atoms with Gasteiger partial charge in [-0.25, -0.2) is 4.98 Å². The van der Waals surface area contributed by atoms with Gasteiger partial charge in [0.1, 0.15) is 0 Å². The van der Waals surface area contributed by atoms with E-state index in [4.69, 9.17) is 0 Å². The van der Waals surface area contributed by atoms with Crippen molar-refractivity contribution in [3.63, 3.8) is 0 Å². The van der Waals surface area contributed by atoms with Gasteiger partial charge in [-0.15, -0.1) is 11.3 Å². The Labute approximate surface area is 118 Å². The Morgan fingerprint density at radius 3 is 3.05 bits per heavy atom. The van der Waals surface area contributed by atoms with Crippen LogP contribution in [0.5, 0.6) is 0 Å². The zero-order chi connectivity index (χ0) is 13.8. The molecule has 0 spiro atoms. The van der Waals surface area contributed by atoms with E-state index in [9.17, 15) is 4.79 Å². The fourth-order valence-corrected chi connectivity index (χ4v) is 3.25. The van der Waals surface area contributed by atoms with E-state index in [2.05, 4.69) is 27.4 Å². The first-order valence-electron chi connectivity index (χ1n) is 6.80. The minimum Gasteiger partial charge on any atom is -0.319 e. The van der Waals surface area contributed by atoms with E-state index in [1.165, 1.54) is 4.88 Å². The van der Waals surface area contributed by atoms with Gasteiger partial charge in [0.05, 0.1) is 5.69 Å². The van der Waals surface area contributed by atoms with Crippen molar-refractivity contribution < 1.29 is 4.79 Å². The van der Waals surface area contributed by atoms with E-state index in [0.717, 1.165) is 36.9 Å².